The lowest BCUT2D eigenvalue weighted by atomic mass is 9.97. The van der Waals surface area contributed by atoms with E-state index in [1.807, 2.05) is 113 Å². The van der Waals surface area contributed by atoms with Crippen LogP contribution < -0.4 is 41.0 Å². The summed E-state index contributed by atoms with van der Waals surface area (Å²) in [5.41, 5.74) is 3.91. The number of nitrogens with one attached hydrogen (secondary N) is 3. The van der Waals surface area contributed by atoms with Gasteiger partial charge in [-0.3, -0.25) is 24.3 Å². The zero-order chi connectivity index (χ0) is 61.5. The number of aryl methyl sites for hydroxylation is 2. The molecule has 1 aliphatic rings. The van der Waals surface area contributed by atoms with E-state index in [0.29, 0.717) is 53.2 Å². The summed E-state index contributed by atoms with van der Waals surface area (Å²) in [7, 11) is -2.46. The van der Waals surface area contributed by atoms with Gasteiger partial charge in [-0.05, 0) is 103 Å². The van der Waals surface area contributed by atoms with Gasteiger partial charge in [-0.15, -0.1) is 16.7 Å². The number of carbonyl (C=O) groups is 3. The number of aromatic nitrogens is 5. The molecule has 3 aromatic carbocycles. The minimum Gasteiger partial charge on any atom is -0.489 e. The molecule has 81 heavy (non-hydrogen) atoms. The number of amides is 2. The van der Waals surface area contributed by atoms with Crippen LogP contribution in [0.3, 0.4) is 0 Å². The summed E-state index contributed by atoms with van der Waals surface area (Å²) in [6, 6.07) is 16.7. The lowest BCUT2D eigenvalue weighted by Gasteiger charge is -2.35. The predicted octanol–water partition coefficient (Wildman–Crippen LogP) is 10.6. The number of halogens is 6. The van der Waals surface area contributed by atoms with Crippen LogP contribution in [0.4, 0.5) is 23.3 Å². The average molecular weight is 1270 g/mol. The number of carbonyl (C=O) groups excluding carboxylic acids is 2. The molecule has 0 fully saturated rings. The van der Waals surface area contributed by atoms with Crippen molar-refractivity contribution in [1.82, 2.24) is 30.0 Å². The number of ether oxygens (including phenoxy) is 3. The molecule has 2 atom stereocenters. The first-order valence-electron chi connectivity index (χ1n) is 25.2. The fourth-order valence-electron chi connectivity index (χ4n) is 7.04. The Hall–Kier alpha value is -4.97. The standard InChI is InChI=1S/C15H18Cl2N2O3.C15H22ClNO2.C11H11Cl2NO2.C8H14ClN5.C3H8NO5P/c1-8(2)21-12-7-11(9(16)6-10(12)17)19-14(20)22-13(18-19)15(3,4)5;1-5-13-8-6-7-11(2)15(13)17(14(18)9-16)12(3)10-19-4;1-7-6-16-9-5-3-2-4-8(9)14(7)11(15)10(12)13;1-4-10-7-12-6(9)13-8(14-7)11-5(2)3;5-3(6)1-4-2-10(7,8)9/h6-8H,1-5H3;6-8,12H,5,9-10H2,1-4H3;2-5,7,10H,6H2,1H3;5H,4H2,1-3H3,(H2,10,11,12,13,14);4H,1-2H2,(H,5,6)(H2,7,8,9). The van der Waals surface area contributed by atoms with E-state index >= 15 is 0 Å². The van der Waals surface area contributed by atoms with Crippen LogP contribution in [0.15, 0.2) is 63.8 Å². The molecular formula is C52H73Cl6N10O12P. The summed E-state index contributed by atoms with van der Waals surface area (Å²) < 4.78 is 32.7. The number of methoxy groups -OCH3 is 1. The van der Waals surface area contributed by atoms with Crippen molar-refractivity contribution >= 4 is 118 Å². The molecule has 2 amide bonds. The number of nitrogens with zero attached hydrogens (tertiary/aromatic N) is 7. The van der Waals surface area contributed by atoms with Gasteiger partial charge >= 0.3 is 19.3 Å². The molecule has 2 unspecified atom stereocenters. The van der Waals surface area contributed by atoms with E-state index in [9.17, 15) is 23.7 Å². The van der Waals surface area contributed by atoms with Gasteiger partial charge in [-0.2, -0.15) is 19.6 Å². The van der Waals surface area contributed by atoms with Crippen molar-refractivity contribution in [2.75, 3.05) is 66.0 Å². The Kier molecular flexibility index (Phi) is 30.8. The van der Waals surface area contributed by atoms with Crippen molar-refractivity contribution in [3.8, 4) is 17.2 Å². The van der Waals surface area contributed by atoms with E-state index in [1.54, 1.807) is 23.0 Å². The largest absolute Gasteiger partial charge is 0.489 e. The minimum atomic E-state index is -4.10. The molecule has 450 valence electrons. The topological polar surface area (TPSA) is 286 Å². The Morgan fingerprint density at radius 1 is 0.938 bits per heavy atom. The van der Waals surface area contributed by atoms with Gasteiger partial charge in [0.25, 0.3) is 5.91 Å². The Labute approximate surface area is 502 Å². The van der Waals surface area contributed by atoms with Crippen molar-refractivity contribution in [2.24, 2.45) is 0 Å². The highest BCUT2D eigenvalue weighted by Gasteiger charge is 2.32. The van der Waals surface area contributed by atoms with Crippen LogP contribution in [-0.2, 0) is 35.5 Å². The van der Waals surface area contributed by atoms with Crippen LogP contribution in [0.1, 0.15) is 93.2 Å². The van der Waals surface area contributed by atoms with Gasteiger partial charge in [0.05, 0.1) is 64.7 Å². The van der Waals surface area contributed by atoms with Crippen LogP contribution in [-0.4, -0.2) is 132 Å². The lowest BCUT2D eigenvalue weighted by Crippen LogP contribution is -2.47. The number of anilines is 4. The van der Waals surface area contributed by atoms with Crippen molar-refractivity contribution in [2.45, 2.75) is 124 Å². The maximum absolute atomic E-state index is 12.2. The number of rotatable bonds is 18. The van der Waals surface area contributed by atoms with Gasteiger partial charge in [0, 0.05) is 31.2 Å². The number of para-hydroxylation sites is 3. The summed E-state index contributed by atoms with van der Waals surface area (Å²) in [6.45, 7) is 24.7. The van der Waals surface area contributed by atoms with Crippen molar-refractivity contribution < 1.29 is 52.5 Å². The Balaban J connectivity index is 0.000000354. The fourth-order valence-corrected chi connectivity index (χ4v) is 8.45. The molecule has 0 saturated carbocycles. The molecule has 0 bridgehead atoms. The van der Waals surface area contributed by atoms with Gasteiger partial charge in [0.1, 0.15) is 24.0 Å². The summed E-state index contributed by atoms with van der Waals surface area (Å²) in [4.78, 5) is 76.6. The second kappa shape index (κ2) is 34.6. The van der Waals surface area contributed by atoms with E-state index in [1.165, 1.54) is 6.07 Å². The van der Waals surface area contributed by atoms with Gasteiger partial charge in [-0.25, -0.2) is 4.79 Å². The fraction of sp³-hybridized carbons (Fsp3) is 0.500. The number of carboxylic acids is 1. The van der Waals surface area contributed by atoms with Crippen molar-refractivity contribution in [1.29, 1.82) is 0 Å². The van der Waals surface area contributed by atoms with Crippen LogP contribution in [0.25, 0.3) is 5.69 Å². The summed E-state index contributed by atoms with van der Waals surface area (Å²) >= 11 is 35.0. The molecular weight excluding hydrogens is 1200 g/mol. The number of aliphatic carboxylic acids is 1. The first-order chi connectivity index (χ1) is 37.8. The Bertz CT molecular complexity index is 2920. The smallest absolute Gasteiger partial charge is 0.442 e. The molecule has 3 heterocycles. The van der Waals surface area contributed by atoms with E-state index in [4.69, 9.17) is 103 Å². The average Bonchev–Trinajstić information content (AvgIpc) is 3.77. The maximum Gasteiger partial charge on any atom is 0.442 e. The van der Waals surface area contributed by atoms with E-state index in [-0.39, 0.29) is 57.6 Å². The van der Waals surface area contributed by atoms with E-state index in [0.717, 1.165) is 40.1 Å². The Morgan fingerprint density at radius 3 is 2.11 bits per heavy atom. The predicted molar refractivity (Wildman–Crippen MR) is 321 cm³/mol. The molecule has 1 aliphatic heterocycles. The zero-order valence-corrected chi connectivity index (χ0v) is 52.8. The quantitative estimate of drug-likeness (QED) is 0.0351. The second-order valence-electron chi connectivity index (χ2n) is 19.2. The molecule has 0 radical (unpaired) electrons. The number of hydrogen-bond acceptors (Lipinski definition) is 16. The van der Waals surface area contributed by atoms with E-state index in [2.05, 4.69) is 49.0 Å². The van der Waals surface area contributed by atoms with Crippen LogP contribution >= 0.6 is 77.2 Å². The summed E-state index contributed by atoms with van der Waals surface area (Å²) in [5.74, 6) is 0.262. The normalized spacial score (nSPS) is 13.1. The second-order valence-corrected chi connectivity index (χ2v) is 23.4. The number of carboxylic acid groups (broad SMARTS) is 1. The van der Waals surface area contributed by atoms with Crippen LogP contribution in [0, 0.1) is 6.92 Å². The van der Waals surface area contributed by atoms with Crippen LogP contribution in [0.5, 0.6) is 11.5 Å². The van der Waals surface area contributed by atoms with Crippen molar-refractivity contribution in [3.63, 3.8) is 0 Å². The SMILES string of the molecule is CC(C)Oc1cc(-n2nc(C(C)(C)C)oc2=O)c(Cl)cc1Cl.CC1COc2ccccc2N1C(=O)C(Cl)Cl.CCNc1nc(Cl)nc(NC(C)C)n1.CCc1cccc(C)c1N(C(=O)CCl)C(C)COC.O=C(O)CNCP(=O)(O)O. The first kappa shape index (κ1) is 72.1. The molecule has 0 saturated heterocycles. The molecule has 29 heteroatoms. The molecule has 6 rings (SSSR count). The molecule has 0 aliphatic carbocycles. The number of benzene rings is 3. The van der Waals surface area contributed by atoms with Gasteiger partial charge in [0.2, 0.25) is 29.0 Å². The van der Waals surface area contributed by atoms with Gasteiger partial charge in [0.15, 0.2) is 4.84 Å². The molecule has 5 aromatic rings. The zero-order valence-electron chi connectivity index (χ0n) is 47.4. The Morgan fingerprint density at radius 2 is 1.58 bits per heavy atom. The summed E-state index contributed by atoms with van der Waals surface area (Å²) in [5, 5.41) is 21.2. The first-order valence-corrected chi connectivity index (χ1v) is 29.6. The maximum atomic E-state index is 12.2. The van der Waals surface area contributed by atoms with Crippen LogP contribution in [0.2, 0.25) is 15.3 Å². The van der Waals surface area contributed by atoms with Crippen molar-refractivity contribution in [3.05, 3.63) is 97.5 Å². The third-order valence-corrected chi connectivity index (χ3v) is 12.4. The minimum absolute atomic E-state index is 0.0223. The number of alkyl halides is 3. The molecule has 2 aromatic heterocycles. The van der Waals surface area contributed by atoms with E-state index < -0.39 is 37.0 Å². The summed E-state index contributed by atoms with van der Waals surface area (Å²) in [6.07, 6.45) is 0.216. The van der Waals surface area contributed by atoms with Gasteiger partial charge < -0.3 is 54.0 Å². The molecule has 22 nitrogen and oxygen atoms in total. The lowest BCUT2D eigenvalue weighted by molar-refractivity contribution is -0.135. The third-order valence-electron chi connectivity index (χ3n) is 10.4. The molecule has 0 spiro atoms. The molecule has 6 N–H and O–H groups in total. The monoisotopic (exact) mass is 1270 g/mol. The van der Waals surface area contributed by atoms with Gasteiger partial charge in [-0.1, -0.05) is 104 Å². The number of hydrogen-bond donors (Lipinski definition) is 6. The highest BCUT2D eigenvalue weighted by molar-refractivity contribution is 7.51. The third kappa shape index (κ3) is 24.4. The highest BCUT2D eigenvalue weighted by Crippen LogP contribution is 2.36. The number of fused-ring (bicyclic) bond motifs is 1. The highest BCUT2D eigenvalue weighted by atomic mass is 35.5.